The van der Waals surface area contributed by atoms with Gasteiger partial charge in [-0.15, -0.1) is 0 Å². The van der Waals surface area contributed by atoms with Crippen molar-refractivity contribution in [3.05, 3.63) is 65.3 Å². The first-order valence-electron chi connectivity index (χ1n) is 11.5. The summed E-state index contributed by atoms with van der Waals surface area (Å²) in [6, 6.07) is 8.28. The molecule has 1 aliphatic heterocycles. The lowest BCUT2D eigenvalue weighted by molar-refractivity contribution is 0.607. The van der Waals surface area contributed by atoms with Crippen LogP contribution in [0.25, 0.3) is 27.7 Å². The lowest BCUT2D eigenvalue weighted by Crippen LogP contribution is -2.34. The molecule has 0 radical (unpaired) electrons. The topological polar surface area (TPSA) is 75.6 Å². The molecule has 0 saturated carbocycles. The van der Waals surface area contributed by atoms with Crippen molar-refractivity contribution in [2.45, 2.75) is 51.4 Å². The Labute approximate surface area is 204 Å². The monoisotopic (exact) mass is 480 g/mol. The van der Waals surface area contributed by atoms with Crippen LogP contribution in [0.15, 0.2) is 49.1 Å². The lowest BCUT2D eigenvalue weighted by atomic mass is 10.0. The molecule has 33 heavy (non-hydrogen) atoms. The van der Waals surface area contributed by atoms with Gasteiger partial charge in [-0.1, -0.05) is 62.2 Å². The van der Waals surface area contributed by atoms with E-state index in [9.17, 15) is 0 Å². The predicted octanol–water partition coefficient (Wildman–Crippen LogP) is 5.90. The second kappa shape index (κ2) is 11.6. The van der Waals surface area contributed by atoms with Gasteiger partial charge in [-0.25, -0.2) is 15.0 Å². The van der Waals surface area contributed by atoms with Gasteiger partial charge in [0.25, 0.3) is 0 Å². The van der Waals surface area contributed by atoms with Crippen molar-refractivity contribution >= 4 is 28.3 Å². The highest BCUT2D eigenvalue weighted by Crippen LogP contribution is 2.36. The summed E-state index contributed by atoms with van der Waals surface area (Å²) in [6.45, 7) is 5.32. The Morgan fingerprint density at radius 1 is 1.03 bits per heavy atom. The fourth-order valence-corrected chi connectivity index (χ4v) is 4.85. The van der Waals surface area contributed by atoms with E-state index in [1.807, 2.05) is 12.3 Å². The van der Waals surface area contributed by atoms with E-state index >= 15 is 0 Å². The normalized spacial score (nSPS) is 15.4. The molecule has 2 N–H and O–H groups in total. The first-order chi connectivity index (χ1) is 16.2. The van der Waals surface area contributed by atoms with Crippen LogP contribution < -0.4 is 10.6 Å². The Morgan fingerprint density at radius 3 is 2.67 bits per heavy atom. The fraction of sp³-hybridized carbons (Fsp3) is 0.360. The summed E-state index contributed by atoms with van der Waals surface area (Å²) in [5.74, 6) is 0.533. The predicted molar refractivity (Wildman–Crippen MR) is 138 cm³/mol. The smallest absolute Gasteiger partial charge is 0.180 e. The van der Waals surface area contributed by atoms with Gasteiger partial charge in [0, 0.05) is 24.2 Å². The third-order valence-corrected chi connectivity index (χ3v) is 6.77. The molecule has 4 rings (SSSR count). The number of thioether (sulfide) groups is 1. The summed E-state index contributed by atoms with van der Waals surface area (Å²) in [6.07, 6.45) is 12.7. The number of benzene rings is 1. The summed E-state index contributed by atoms with van der Waals surface area (Å²) < 4.78 is 0. The van der Waals surface area contributed by atoms with E-state index in [1.165, 1.54) is 24.8 Å². The maximum Gasteiger partial charge on any atom is 0.180 e. The minimum absolute atomic E-state index is 0.129. The van der Waals surface area contributed by atoms with Crippen molar-refractivity contribution in [3.8, 4) is 22.8 Å². The van der Waals surface area contributed by atoms with Crippen LogP contribution in [0.2, 0.25) is 5.02 Å². The molecule has 1 atom stereocenters. The highest BCUT2D eigenvalue weighted by atomic mass is 35.5. The minimum Gasteiger partial charge on any atom is -0.366 e. The molecular formula is C25H29ClN6S. The van der Waals surface area contributed by atoms with Crippen LogP contribution >= 0.6 is 23.4 Å². The average molecular weight is 481 g/mol. The zero-order chi connectivity index (χ0) is 23.0. The molecule has 8 heteroatoms. The molecule has 172 valence electrons. The first-order valence-corrected chi connectivity index (χ1v) is 12.7. The zero-order valence-corrected chi connectivity index (χ0v) is 20.6. The van der Waals surface area contributed by atoms with Crippen LogP contribution in [-0.2, 0) is 6.42 Å². The molecule has 0 aliphatic carbocycles. The van der Waals surface area contributed by atoms with Crippen LogP contribution in [0, 0.1) is 0 Å². The Morgan fingerprint density at radius 2 is 1.91 bits per heavy atom. The maximum absolute atomic E-state index is 6.74. The third kappa shape index (κ3) is 6.10. The highest BCUT2D eigenvalue weighted by Gasteiger charge is 2.21. The molecule has 0 bridgehead atoms. The van der Waals surface area contributed by atoms with Gasteiger partial charge in [0.2, 0.25) is 0 Å². The van der Waals surface area contributed by atoms with Crippen LogP contribution in [0.3, 0.4) is 0 Å². The van der Waals surface area contributed by atoms with Crippen LogP contribution in [0.1, 0.15) is 50.8 Å². The largest absolute Gasteiger partial charge is 0.366 e. The van der Waals surface area contributed by atoms with Gasteiger partial charge in [-0.3, -0.25) is 10.3 Å². The average Bonchev–Trinajstić information content (AvgIpc) is 3.32. The number of rotatable bonds is 10. The molecule has 0 spiro atoms. The molecule has 0 fully saturated rings. The number of nitrogens with one attached hydrogen (secondary N) is 2. The number of aryl methyl sites for hydroxylation is 1. The molecule has 3 heterocycles. The van der Waals surface area contributed by atoms with E-state index in [0.717, 1.165) is 41.2 Å². The van der Waals surface area contributed by atoms with E-state index in [2.05, 4.69) is 52.6 Å². The van der Waals surface area contributed by atoms with Crippen molar-refractivity contribution in [1.29, 1.82) is 0 Å². The molecular weight excluding hydrogens is 452 g/mol. The molecule has 1 aromatic carbocycles. The number of nitrogens with zero attached hydrogens (tertiary/aromatic N) is 4. The molecule has 6 nitrogen and oxygen atoms in total. The van der Waals surface area contributed by atoms with E-state index in [1.54, 1.807) is 30.4 Å². The minimum atomic E-state index is 0.129. The van der Waals surface area contributed by atoms with Crippen molar-refractivity contribution in [3.63, 3.8) is 0 Å². The van der Waals surface area contributed by atoms with E-state index in [-0.39, 0.29) is 5.50 Å². The molecule has 0 saturated heterocycles. The van der Waals surface area contributed by atoms with Crippen molar-refractivity contribution < 1.29 is 0 Å². The first kappa shape index (κ1) is 23.7. The lowest BCUT2D eigenvalue weighted by Gasteiger charge is -2.13. The second-order valence-corrected chi connectivity index (χ2v) is 9.51. The second-order valence-electron chi connectivity index (χ2n) is 7.95. The van der Waals surface area contributed by atoms with E-state index in [0.29, 0.717) is 16.5 Å². The van der Waals surface area contributed by atoms with Crippen LogP contribution in [-0.4, -0.2) is 32.0 Å². The highest BCUT2D eigenvalue weighted by molar-refractivity contribution is 8.09. The zero-order valence-electron chi connectivity index (χ0n) is 19.0. The van der Waals surface area contributed by atoms with Gasteiger partial charge < -0.3 is 5.32 Å². The van der Waals surface area contributed by atoms with Crippen molar-refractivity contribution in [1.82, 2.24) is 30.6 Å². The molecule has 3 aromatic rings. The van der Waals surface area contributed by atoms with E-state index < -0.39 is 0 Å². The Bertz CT molecular complexity index is 1110. The van der Waals surface area contributed by atoms with Crippen LogP contribution in [0.5, 0.6) is 0 Å². The quantitative estimate of drug-likeness (QED) is 0.349. The Kier molecular flexibility index (Phi) is 8.31. The fourth-order valence-electron chi connectivity index (χ4n) is 3.60. The number of aromatic nitrogens is 4. The number of hydrogen-bond donors (Lipinski definition) is 2. The van der Waals surface area contributed by atoms with Gasteiger partial charge >= 0.3 is 0 Å². The Hall–Kier alpha value is -2.48. The molecule has 1 unspecified atom stereocenters. The van der Waals surface area contributed by atoms with Gasteiger partial charge in [0.15, 0.2) is 5.82 Å². The standard InChI is InChI=1S/C25H29ClN6S/c1-3-5-6-7-17-8-9-18(19(26)13-17)20-14-21(23-16-30-25(33-23)29-10-4-2)32-24(31-20)22-15-27-11-12-28-22/h8-9,11-16,25,29-30H,3-7,10H2,1-2H3. The van der Waals surface area contributed by atoms with Crippen LogP contribution in [0.4, 0.5) is 0 Å². The summed E-state index contributed by atoms with van der Waals surface area (Å²) in [5.41, 5.74) is 4.51. The summed E-state index contributed by atoms with van der Waals surface area (Å²) in [7, 11) is 0. The SMILES string of the molecule is CCCCCc1ccc(-c2cc(C3=CNC(NCCC)S3)nc(-c3cnccn3)n2)c(Cl)c1. The van der Waals surface area contributed by atoms with Crippen molar-refractivity contribution in [2.24, 2.45) is 0 Å². The summed E-state index contributed by atoms with van der Waals surface area (Å²) in [4.78, 5) is 19.3. The molecule has 0 amide bonds. The molecule has 2 aromatic heterocycles. The summed E-state index contributed by atoms with van der Waals surface area (Å²) in [5, 5.41) is 7.55. The van der Waals surface area contributed by atoms with E-state index in [4.69, 9.17) is 21.6 Å². The van der Waals surface area contributed by atoms with Crippen molar-refractivity contribution in [2.75, 3.05) is 6.54 Å². The molecule has 1 aliphatic rings. The number of unbranched alkanes of at least 4 members (excludes halogenated alkanes) is 2. The van der Waals surface area contributed by atoms with Gasteiger partial charge in [0.1, 0.15) is 11.2 Å². The summed E-state index contributed by atoms with van der Waals surface area (Å²) >= 11 is 8.45. The van der Waals surface area contributed by atoms with Gasteiger partial charge in [0.05, 0.1) is 27.5 Å². The maximum atomic E-state index is 6.74. The third-order valence-electron chi connectivity index (χ3n) is 5.34. The number of hydrogen-bond acceptors (Lipinski definition) is 7. The Balaban J connectivity index is 1.67. The van der Waals surface area contributed by atoms with Gasteiger partial charge in [-0.05, 0) is 43.5 Å². The number of halogens is 1. The van der Waals surface area contributed by atoms with Gasteiger partial charge in [-0.2, -0.15) is 0 Å².